The monoisotopic (exact) mass is 347 g/mol. The van der Waals surface area contributed by atoms with E-state index in [1.807, 2.05) is 31.2 Å². The molecule has 0 bridgehead atoms. The number of nitrogens with zero attached hydrogens (tertiary/aromatic N) is 1. The van der Waals surface area contributed by atoms with E-state index >= 15 is 0 Å². The van der Waals surface area contributed by atoms with Gasteiger partial charge in [-0.2, -0.15) is 0 Å². The van der Waals surface area contributed by atoms with Crippen molar-refractivity contribution in [2.45, 2.75) is 17.0 Å². The first-order valence-electron chi connectivity index (χ1n) is 5.82. The van der Waals surface area contributed by atoms with Gasteiger partial charge in [0.25, 0.3) is 3.12 Å². The van der Waals surface area contributed by atoms with Crippen molar-refractivity contribution in [3.63, 3.8) is 0 Å². The van der Waals surface area contributed by atoms with Crippen LogP contribution in [0.1, 0.15) is 22.8 Å². The van der Waals surface area contributed by atoms with Gasteiger partial charge in [-0.1, -0.05) is 64.6 Å². The molecule has 2 aromatic rings. The Morgan fingerprint density at radius 2 is 1.75 bits per heavy atom. The molecule has 106 valence electrons. The fourth-order valence-electron chi connectivity index (χ4n) is 1.85. The maximum absolute atomic E-state index is 11.8. The van der Waals surface area contributed by atoms with Crippen LogP contribution < -0.4 is 0 Å². The molecule has 6 heteroatoms. The number of carbonyl (C=O) groups excluding carboxylic acids is 1. The van der Waals surface area contributed by atoms with E-state index in [1.54, 1.807) is 16.4 Å². The van der Waals surface area contributed by atoms with Crippen molar-refractivity contribution in [1.29, 1.82) is 0 Å². The van der Waals surface area contributed by atoms with Crippen LogP contribution in [0.3, 0.4) is 0 Å². The molecule has 0 radical (unpaired) electrons. The van der Waals surface area contributed by atoms with Gasteiger partial charge in [-0.25, -0.2) is 0 Å². The lowest BCUT2D eigenvalue weighted by atomic mass is 10.0. The SMILES string of the molecule is CC(=O)c1cn(SC(Cl)(Cl)Cl)cc1-c1ccc(C)cc1. The Balaban J connectivity index is 2.46. The lowest BCUT2D eigenvalue weighted by Gasteiger charge is -2.09. The van der Waals surface area contributed by atoms with E-state index in [1.165, 1.54) is 6.92 Å². The Bertz CT molecular complexity index is 629. The minimum absolute atomic E-state index is 0.0238. The molecule has 0 fully saturated rings. The summed E-state index contributed by atoms with van der Waals surface area (Å²) in [6.45, 7) is 3.54. The Kier molecular flexibility index (Phi) is 4.75. The van der Waals surface area contributed by atoms with Crippen molar-refractivity contribution in [3.8, 4) is 11.1 Å². The fraction of sp³-hybridized carbons (Fsp3) is 0.214. The van der Waals surface area contributed by atoms with E-state index in [0.29, 0.717) is 5.56 Å². The molecule has 2 rings (SSSR count). The molecule has 0 N–H and O–H groups in total. The number of ketones is 1. The summed E-state index contributed by atoms with van der Waals surface area (Å²) in [6.07, 6.45) is 3.48. The van der Waals surface area contributed by atoms with Crippen LogP contribution >= 0.6 is 46.8 Å². The van der Waals surface area contributed by atoms with Gasteiger partial charge in [0.15, 0.2) is 5.78 Å². The minimum Gasteiger partial charge on any atom is -0.294 e. The second kappa shape index (κ2) is 6.02. The largest absolute Gasteiger partial charge is 0.294 e. The zero-order valence-electron chi connectivity index (χ0n) is 10.9. The highest BCUT2D eigenvalue weighted by atomic mass is 35.6. The van der Waals surface area contributed by atoms with Gasteiger partial charge >= 0.3 is 0 Å². The Labute approximate surface area is 137 Å². The molecule has 1 aromatic heterocycles. The molecule has 0 aliphatic rings. The zero-order valence-corrected chi connectivity index (χ0v) is 13.9. The second-order valence-corrected chi connectivity index (χ2v) is 8.57. The van der Waals surface area contributed by atoms with E-state index in [2.05, 4.69) is 0 Å². The highest BCUT2D eigenvalue weighted by Gasteiger charge is 2.23. The molecule has 20 heavy (non-hydrogen) atoms. The van der Waals surface area contributed by atoms with E-state index in [9.17, 15) is 4.79 Å². The Morgan fingerprint density at radius 3 is 2.25 bits per heavy atom. The smallest absolute Gasteiger partial charge is 0.256 e. The molecular formula is C14H12Cl3NOS. The summed E-state index contributed by atoms with van der Waals surface area (Å²) < 4.78 is 0.177. The normalized spacial score (nSPS) is 11.7. The Hall–Kier alpha value is -0.610. The van der Waals surface area contributed by atoms with Gasteiger partial charge in [0.05, 0.1) is 0 Å². The van der Waals surface area contributed by atoms with Crippen molar-refractivity contribution in [1.82, 2.24) is 3.97 Å². The molecule has 0 aliphatic carbocycles. The number of aromatic nitrogens is 1. The van der Waals surface area contributed by atoms with Gasteiger partial charge < -0.3 is 0 Å². The first kappa shape index (κ1) is 15.8. The van der Waals surface area contributed by atoms with Crippen molar-refractivity contribution in [3.05, 3.63) is 47.8 Å². The number of hydrogen-bond acceptors (Lipinski definition) is 2. The molecule has 0 aliphatic heterocycles. The third-order valence-electron chi connectivity index (χ3n) is 2.75. The van der Waals surface area contributed by atoms with Crippen LogP contribution in [0.2, 0.25) is 0 Å². The highest BCUT2D eigenvalue weighted by molar-refractivity contribution is 8.03. The average Bonchev–Trinajstić information content (AvgIpc) is 2.71. The minimum atomic E-state index is -1.47. The summed E-state index contributed by atoms with van der Waals surface area (Å²) in [7, 11) is 0. The van der Waals surface area contributed by atoms with E-state index < -0.39 is 3.12 Å². The maximum Gasteiger partial charge on any atom is 0.256 e. The summed E-state index contributed by atoms with van der Waals surface area (Å²) in [5, 5.41) is 0. The van der Waals surface area contributed by atoms with Gasteiger partial charge in [0, 0.05) is 35.5 Å². The average molecular weight is 349 g/mol. The van der Waals surface area contributed by atoms with Crippen molar-refractivity contribution >= 4 is 52.5 Å². The van der Waals surface area contributed by atoms with E-state index in [0.717, 1.165) is 28.6 Å². The lowest BCUT2D eigenvalue weighted by molar-refractivity contribution is 0.101. The van der Waals surface area contributed by atoms with Gasteiger partial charge in [0.1, 0.15) is 0 Å². The van der Waals surface area contributed by atoms with Crippen LogP contribution in [-0.4, -0.2) is 12.9 Å². The van der Waals surface area contributed by atoms with Gasteiger partial charge in [0.2, 0.25) is 0 Å². The number of benzene rings is 1. The summed E-state index contributed by atoms with van der Waals surface area (Å²) in [5.74, 6) is -0.0238. The molecule has 0 unspecified atom stereocenters. The second-order valence-electron chi connectivity index (χ2n) is 4.40. The third kappa shape index (κ3) is 3.95. The molecular weight excluding hydrogens is 337 g/mol. The summed E-state index contributed by atoms with van der Waals surface area (Å²) >= 11 is 18.3. The summed E-state index contributed by atoms with van der Waals surface area (Å²) in [5.41, 5.74) is 3.56. The Morgan fingerprint density at radius 1 is 1.15 bits per heavy atom. The van der Waals surface area contributed by atoms with Crippen LogP contribution in [0.15, 0.2) is 36.7 Å². The lowest BCUT2D eigenvalue weighted by Crippen LogP contribution is -1.98. The standard InChI is InChI=1S/C14H12Cl3NOS/c1-9-3-5-11(6-4-9)13-8-18(20-14(15,16)17)7-12(13)10(2)19/h3-8H,1-2H3. The van der Waals surface area contributed by atoms with Crippen LogP contribution in [0, 0.1) is 6.92 Å². The van der Waals surface area contributed by atoms with E-state index in [-0.39, 0.29) is 5.78 Å². The third-order valence-corrected chi connectivity index (χ3v) is 4.00. The molecule has 1 aromatic carbocycles. The molecule has 0 saturated heterocycles. The molecule has 0 saturated carbocycles. The van der Waals surface area contributed by atoms with Crippen LogP contribution in [0.4, 0.5) is 0 Å². The quantitative estimate of drug-likeness (QED) is 0.540. The number of halogens is 3. The summed E-state index contributed by atoms with van der Waals surface area (Å²) in [6, 6.07) is 7.94. The first-order valence-corrected chi connectivity index (χ1v) is 7.73. The van der Waals surface area contributed by atoms with Gasteiger partial charge in [-0.15, -0.1) is 0 Å². The van der Waals surface area contributed by atoms with Crippen LogP contribution in [0.5, 0.6) is 0 Å². The molecule has 0 spiro atoms. The van der Waals surface area contributed by atoms with Crippen molar-refractivity contribution in [2.24, 2.45) is 0 Å². The number of rotatable bonds is 3. The predicted octanol–water partition coefficient (Wildman–Crippen LogP) is 5.49. The first-order chi connectivity index (χ1) is 9.26. The van der Waals surface area contributed by atoms with Crippen molar-refractivity contribution < 1.29 is 4.79 Å². The fourth-order valence-corrected chi connectivity index (χ4v) is 3.12. The van der Waals surface area contributed by atoms with Crippen LogP contribution in [0.25, 0.3) is 11.1 Å². The van der Waals surface area contributed by atoms with Crippen LogP contribution in [-0.2, 0) is 0 Å². The van der Waals surface area contributed by atoms with Gasteiger partial charge in [-0.05, 0) is 19.4 Å². The highest BCUT2D eigenvalue weighted by Crippen LogP contribution is 2.41. The van der Waals surface area contributed by atoms with Crippen molar-refractivity contribution in [2.75, 3.05) is 0 Å². The number of alkyl halides is 3. The zero-order chi connectivity index (χ0) is 14.9. The number of aryl methyl sites for hydroxylation is 1. The molecule has 0 amide bonds. The summed E-state index contributed by atoms with van der Waals surface area (Å²) in [4.78, 5) is 11.8. The number of Topliss-reactive ketones (excluding diaryl/α,β-unsaturated/α-hetero) is 1. The predicted molar refractivity (Wildman–Crippen MR) is 87.9 cm³/mol. The van der Waals surface area contributed by atoms with Gasteiger partial charge in [-0.3, -0.25) is 8.77 Å². The maximum atomic E-state index is 11.8. The molecule has 0 atom stereocenters. The topological polar surface area (TPSA) is 22.0 Å². The number of hydrogen-bond donors (Lipinski definition) is 0. The van der Waals surface area contributed by atoms with E-state index in [4.69, 9.17) is 34.8 Å². The molecule has 2 nitrogen and oxygen atoms in total. The number of carbonyl (C=O) groups is 1. The molecule has 1 heterocycles.